The molecule has 0 aliphatic rings. The number of rotatable bonds is 4. The van der Waals surface area contributed by atoms with Gasteiger partial charge in [0.2, 0.25) is 11.6 Å². The van der Waals surface area contributed by atoms with Crippen LogP contribution in [-0.4, -0.2) is 29.2 Å². The largest absolute Gasteiger partial charge is 0.426 e. The number of alkyl halides is 6. The maximum absolute atomic E-state index is 14.2. The fourth-order valence-corrected chi connectivity index (χ4v) is 5.20. The molecule has 0 fully saturated rings. The van der Waals surface area contributed by atoms with Gasteiger partial charge in [0.25, 0.3) is 5.60 Å². The molecule has 2 rings (SSSR count). The van der Waals surface area contributed by atoms with E-state index in [4.69, 9.17) is 0 Å². The second kappa shape index (κ2) is 8.73. The third-order valence-electron chi connectivity index (χ3n) is 4.24. The molecule has 1 N–H and O–H groups in total. The molecule has 0 aliphatic carbocycles. The molecule has 0 atom stereocenters. The Labute approximate surface area is 177 Å². The lowest BCUT2D eigenvalue weighted by atomic mass is 10.1. The summed E-state index contributed by atoms with van der Waals surface area (Å²) < 4.78 is 216. The monoisotopic (exact) mass is 546 g/mol. The molecule has 2 aromatic rings. The van der Waals surface area contributed by atoms with Crippen LogP contribution in [-0.2, 0) is 0 Å². The van der Waals surface area contributed by atoms with E-state index in [1.54, 1.807) is 0 Å². The summed E-state index contributed by atoms with van der Waals surface area (Å²) in [5.74, 6) is -31.1. The van der Waals surface area contributed by atoms with Crippen molar-refractivity contribution in [2.45, 2.75) is 18.0 Å². The fourth-order valence-electron chi connectivity index (χ4n) is 2.50. The van der Waals surface area contributed by atoms with Crippen LogP contribution in [0.3, 0.4) is 0 Å². The minimum absolute atomic E-state index is 2.78. The van der Waals surface area contributed by atoms with Gasteiger partial charge in [-0.3, -0.25) is 0 Å². The van der Waals surface area contributed by atoms with E-state index in [2.05, 4.69) is 0 Å². The Bertz CT molecular complexity index is 996. The van der Waals surface area contributed by atoms with Crippen LogP contribution in [0.2, 0.25) is 0 Å². The molecule has 0 amide bonds. The lowest BCUT2D eigenvalue weighted by Crippen LogP contribution is -2.60. The topological polar surface area (TPSA) is 20.2 Å². The summed E-state index contributed by atoms with van der Waals surface area (Å²) in [6.45, 7) is 0. The number of aliphatic hydroxyl groups is 1. The van der Waals surface area contributed by atoms with Crippen molar-refractivity contribution in [2.75, 3.05) is 6.16 Å². The van der Waals surface area contributed by atoms with Crippen LogP contribution in [0.25, 0.3) is 0 Å². The normalized spacial score (nSPS) is 13.2. The molecular weight excluding hydrogens is 543 g/mol. The Morgan fingerprint density at radius 3 is 0.853 bits per heavy atom. The number of hydrogen-bond acceptors (Lipinski definition) is 1. The van der Waals surface area contributed by atoms with Gasteiger partial charge in [0.15, 0.2) is 46.5 Å². The predicted octanol–water partition coefficient (Wildman–Crippen LogP) is 5.37. The molecule has 1 nitrogen and oxygen atoms in total. The van der Waals surface area contributed by atoms with E-state index >= 15 is 0 Å². The maximum Gasteiger partial charge on any atom is 0.426 e. The van der Waals surface area contributed by atoms with Crippen LogP contribution in [0.1, 0.15) is 0 Å². The van der Waals surface area contributed by atoms with Crippen LogP contribution in [0.4, 0.5) is 70.2 Å². The van der Waals surface area contributed by atoms with Gasteiger partial charge in [-0.2, -0.15) is 26.3 Å². The number of hydrogen-bond donors (Lipinski definition) is 1. The fraction of sp³-hybridized carbons (Fsp3) is 0.250. The van der Waals surface area contributed by atoms with Crippen molar-refractivity contribution in [3.8, 4) is 0 Å². The zero-order valence-electron chi connectivity index (χ0n) is 15.1. The first-order valence-electron chi connectivity index (χ1n) is 7.86. The molecule has 0 spiro atoms. The first-order valence-corrected chi connectivity index (χ1v) is 9.39. The average molecular weight is 546 g/mol. The predicted molar refractivity (Wildman–Crippen MR) is 80.6 cm³/mol. The molecule has 18 heteroatoms. The summed E-state index contributed by atoms with van der Waals surface area (Å²) in [5, 5.41) is 3.73. The van der Waals surface area contributed by atoms with Crippen LogP contribution >= 0.6 is 7.92 Å². The van der Waals surface area contributed by atoms with Crippen LogP contribution in [0.15, 0.2) is 0 Å². The van der Waals surface area contributed by atoms with Crippen LogP contribution in [0, 0.1) is 58.2 Å². The smallest absolute Gasteiger partial charge is 0.373 e. The Morgan fingerprint density at radius 1 is 0.441 bits per heavy atom. The van der Waals surface area contributed by atoms with E-state index in [0.717, 1.165) is 0 Å². The van der Waals surface area contributed by atoms with Gasteiger partial charge in [0.05, 0.1) is 10.6 Å². The minimum atomic E-state index is -6.89. The summed E-state index contributed by atoms with van der Waals surface area (Å²) in [6.07, 6.45) is -17.1. The van der Waals surface area contributed by atoms with E-state index in [1.165, 1.54) is 0 Å². The Hall–Kier alpha value is -2.29. The van der Waals surface area contributed by atoms with E-state index in [-0.39, 0.29) is 0 Å². The zero-order chi connectivity index (χ0) is 26.7. The van der Waals surface area contributed by atoms with Crippen LogP contribution in [0.5, 0.6) is 0 Å². The van der Waals surface area contributed by atoms with Crippen LogP contribution < -0.4 is 10.6 Å². The first-order chi connectivity index (χ1) is 15.2. The lowest BCUT2D eigenvalue weighted by molar-refractivity contribution is -0.358. The van der Waals surface area contributed by atoms with Gasteiger partial charge in [0.1, 0.15) is 0 Å². The maximum atomic E-state index is 14.2. The molecule has 190 valence electrons. The molecule has 0 unspecified atom stereocenters. The van der Waals surface area contributed by atoms with Crippen molar-refractivity contribution in [3.05, 3.63) is 58.2 Å². The molecule has 0 bridgehead atoms. The van der Waals surface area contributed by atoms with Crippen molar-refractivity contribution in [1.82, 2.24) is 0 Å². The standard InChI is InChI=1S/C16H3F16OP/c17-2-4(19)8(23)12(9(24)5(2)20)34(1-14(33,15(27,28)29)16(30,31)32)13-10(25)6(21)3(18)7(22)11(13)26/h33H,1H2. The Balaban J connectivity index is 3.10. The molecule has 0 radical (unpaired) electrons. The highest BCUT2D eigenvalue weighted by Gasteiger charge is 2.71. The van der Waals surface area contributed by atoms with Crippen molar-refractivity contribution in [1.29, 1.82) is 0 Å². The Kier molecular flexibility index (Phi) is 7.18. The molecular formula is C16H3F16OP. The van der Waals surface area contributed by atoms with Gasteiger partial charge in [0, 0.05) is 6.16 Å². The van der Waals surface area contributed by atoms with Gasteiger partial charge in [-0.1, -0.05) is 0 Å². The van der Waals surface area contributed by atoms with Gasteiger partial charge in [-0.05, 0) is 7.92 Å². The number of benzene rings is 2. The Morgan fingerprint density at radius 2 is 0.647 bits per heavy atom. The SMILES string of the molecule is OC(CP(c1c(F)c(F)c(F)c(F)c1F)c1c(F)c(F)c(F)c(F)c1F)(C(F)(F)F)C(F)(F)F. The second-order valence-electron chi connectivity index (χ2n) is 6.28. The van der Waals surface area contributed by atoms with E-state index in [1.807, 2.05) is 0 Å². The molecule has 2 aromatic carbocycles. The average Bonchev–Trinajstić information content (AvgIpc) is 2.71. The lowest BCUT2D eigenvalue weighted by Gasteiger charge is -2.35. The highest BCUT2D eigenvalue weighted by Crippen LogP contribution is 2.52. The van der Waals surface area contributed by atoms with Crippen molar-refractivity contribution >= 4 is 18.5 Å². The molecule has 0 saturated heterocycles. The quantitative estimate of drug-likeness (QED) is 0.237. The summed E-state index contributed by atoms with van der Waals surface area (Å²) in [5.41, 5.74) is -6.17. The highest BCUT2D eigenvalue weighted by molar-refractivity contribution is 7.73. The molecule has 0 saturated carbocycles. The van der Waals surface area contributed by atoms with Crippen molar-refractivity contribution < 1.29 is 75.4 Å². The van der Waals surface area contributed by atoms with E-state index in [9.17, 15) is 75.4 Å². The van der Waals surface area contributed by atoms with Gasteiger partial charge >= 0.3 is 12.4 Å². The van der Waals surface area contributed by atoms with Crippen molar-refractivity contribution in [2.24, 2.45) is 0 Å². The van der Waals surface area contributed by atoms with Crippen molar-refractivity contribution in [3.63, 3.8) is 0 Å². The van der Waals surface area contributed by atoms with E-state index in [0.29, 0.717) is 0 Å². The first kappa shape index (κ1) is 28.0. The number of halogens is 16. The molecule has 0 aromatic heterocycles. The third kappa shape index (κ3) is 4.16. The molecule has 0 heterocycles. The summed E-state index contributed by atoms with van der Waals surface area (Å²) in [7, 11) is -5.02. The molecule has 34 heavy (non-hydrogen) atoms. The summed E-state index contributed by atoms with van der Waals surface area (Å²) in [6, 6.07) is 0. The zero-order valence-corrected chi connectivity index (χ0v) is 16.0. The minimum Gasteiger partial charge on any atom is -0.373 e. The summed E-state index contributed by atoms with van der Waals surface area (Å²) >= 11 is 0. The highest BCUT2D eigenvalue weighted by atomic mass is 31.1. The molecule has 0 aliphatic heterocycles. The van der Waals surface area contributed by atoms with Gasteiger partial charge in [-0.15, -0.1) is 0 Å². The van der Waals surface area contributed by atoms with Gasteiger partial charge in [-0.25, -0.2) is 43.9 Å². The summed E-state index contributed by atoms with van der Waals surface area (Å²) in [4.78, 5) is 0. The van der Waals surface area contributed by atoms with Gasteiger partial charge < -0.3 is 5.11 Å². The second-order valence-corrected chi connectivity index (χ2v) is 8.35. The van der Waals surface area contributed by atoms with E-state index < -0.39 is 101 Å². The third-order valence-corrected chi connectivity index (χ3v) is 6.88.